The highest BCUT2D eigenvalue weighted by Crippen LogP contribution is 2.47. The van der Waals surface area contributed by atoms with Crippen molar-refractivity contribution < 1.29 is 23.8 Å². The van der Waals surface area contributed by atoms with E-state index in [4.69, 9.17) is 14.2 Å². The molecule has 4 rings (SSSR count). The summed E-state index contributed by atoms with van der Waals surface area (Å²) in [4.78, 5) is 23.4. The van der Waals surface area contributed by atoms with E-state index in [1.165, 1.54) is 11.8 Å². The fraction of sp³-hybridized carbons (Fsp3) is 0.333. The van der Waals surface area contributed by atoms with Gasteiger partial charge in [-0.1, -0.05) is 24.3 Å². The van der Waals surface area contributed by atoms with Gasteiger partial charge in [-0.3, -0.25) is 0 Å². The molecule has 2 aliphatic heterocycles. The highest BCUT2D eigenvalue weighted by molar-refractivity contribution is 5.92. The average molecular weight is 312 g/mol. The molecule has 0 saturated carbocycles. The van der Waals surface area contributed by atoms with E-state index < -0.39 is 6.10 Å². The Bertz CT molecular complexity index is 746. The van der Waals surface area contributed by atoms with E-state index in [1.54, 1.807) is 13.0 Å². The lowest BCUT2D eigenvalue weighted by molar-refractivity contribution is -0.141. The molecule has 0 amide bonds. The van der Waals surface area contributed by atoms with Crippen LogP contribution in [-0.2, 0) is 30.2 Å². The summed E-state index contributed by atoms with van der Waals surface area (Å²) in [5, 5.41) is 0. The molecule has 3 unspecified atom stereocenters. The van der Waals surface area contributed by atoms with Gasteiger partial charge in [-0.15, -0.1) is 0 Å². The molecule has 5 nitrogen and oxygen atoms in total. The summed E-state index contributed by atoms with van der Waals surface area (Å²) in [5.74, 6) is -0.647. The normalized spacial score (nSPS) is 29.9. The number of fused-ring (bicyclic) bond motifs is 3. The topological polar surface area (TPSA) is 61.8 Å². The minimum atomic E-state index is -0.395. The van der Waals surface area contributed by atoms with Gasteiger partial charge in [-0.2, -0.15) is 0 Å². The molecule has 3 aliphatic rings. The Hall–Kier alpha value is -2.56. The van der Waals surface area contributed by atoms with Gasteiger partial charge in [0.1, 0.15) is 12.7 Å². The fourth-order valence-electron chi connectivity index (χ4n) is 3.37. The van der Waals surface area contributed by atoms with Crippen LogP contribution in [0, 0.1) is 5.92 Å². The molecule has 0 aromatic heterocycles. The van der Waals surface area contributed by atoms with E-state index in [-0.39, 0.29) is 30.6 Å². The maximum Gasteiger partial charge on any atom is 0.338 e. The number of carbonyl (C=O) groups excluding carboxylic acids is 2. The largest absolute Gasteiger partial charge is 0.496 e. The average Bonchev–Trinajstić information content (AvgIpc) is 3.14. The lowest BCUT2D eigenvalue weighted by Crippen LogP contribution is -2.14. The number of hydrogen-bond donors (Lipinski definition) is 0. The third-order valence-corrected chi connectivity index (χ3v) is 4.52. The van der Waals surface area contributed by atoms with Gasteiger partial charge in [0.05, 0.1) is 11.8 Å². The lowest BCUT2D eigenvalue weighted by atomic mass is 9.98. The van der Waals surface area contributed by atoms with Gasteiger partial charge in [-0.05, 0) is 30.5 Å². The van der Waals surface area contributed by atoms with Crippen LogP contribution in [0.3, 0.4) is 0 Å². The Morgan fingerprint density at radius 2 is 2.04 bits per heavy atom. The number of hydrogen-bond acceptors (Lipinski definition) is 5. The number of esters is 2. The van der Waals surface area contributed by atoms with E-state index in [2.05, 4.69) is 6.07 Å². The minimum Gasteiger partial charge on any atom is -0.496 e. The Labute approximate surface area is 133 Å². The predicted octanol–water partition coefficient (Wildman–Crippen LogP) is 2.23. The molecule has 1 aromatic rings. The molecule has 5 heteroatoms. The maximum atomic E-state index is 12.1. The first-order chi connectivity index (χ1) is 11.1. The molecule has 1 fully saturated rings. The van der Waals surface area contributed by atoms with Crippen LogP contribution < -0.4 is 0 Å². The standard InChI is InChI=1S/C18H16O5/c1-10-6-12(22-17(10)19)8-21-9-15-14-7-11-4-2-3-5-13(11)16(14)23-18(15)20/h2-6,9,12,14,16H,7-8H2,1H3/b15-9+. The molecule has 0 bridgehead atoms. The highest BCUT2D eigenvalue weighted by Gasteiger charge is 2.46. The van der Waals surface area contributed by atoms with Gasteiger partial charge < -0.3 is 14.2 Å². The summed E-state index contributed by atoms with van der Waals surface area (Å²) in [6, 6.07) is 8.01. The zero-order valence-electron chi connectivity index (χ0n) is 12.7. The van der Waals surface area contributed by atoms with E-state index >= 15 is 0 Å². The Morgan fingerprint density at radius 3 is 2.83 bits per heavy atom. The van der Waals surface area contributed by atoms with Crippen LogP contribution in [-0.4, -0.2) is 24.6 Å². The monoisotopic (exact) mass is 312 g/mol. The first-order valence-corrected chi connectivity index (χ1v) is 7.63. The SMILES string of the molecule is CC1=CC(CO/C=C2/C(=O)OC3c4ccccc4CC23)OC1=O. The number of ether oxygens (including phenoxy) is 3. The van der Waals surface area contributed by atoms with Crippen molar-refractivity contribution in [2.45, 2.75) is 25.6 Å². The van der Waals surface area contributed by atoms with Crippen molar-refractivity contribution in [3.05, 3.63) is 58.9 Å². The van der Waals surface area contributed by atoms with Crippen LogP contribution in [0.2, 0.25) is 0 Å². The second-order valence-corrected chi connectivity index (χ2v) is 6.04. The Kier molecular flexibility index (Phi) is 3.22. The molecule has 118 valence electrons. The number of carbonyl (C=O) groups is 2. The first-order valence-electron chi connectivity index (χ1n) is 7.63. The summed E-state index contributed by atoms with van der Waals surface area (Å²) in [6.07, 6.45) is 3.36. The smallest absolute Gasteiger partial charge is 0.338 e. The molecular formula is C18H16O5. The summed E-state index contributed by atoms with van der Waals surface area (Å²) < 4.78 is 16.1. The van der Waals surface area contributed by atoms with Crippen molar-refractivity contribution in [2.24, 2.45) is 5.92 Å². The van der Waals surface area contributed by atoms with Gasteiger partial charge >= 0.3 is 11.9 Å². The second-order valence-electron chi connectivity index (χ2n) is 6.04. The van der Waals surface area contributed by atoms with E-state index in [1.807, 2.05) is 18.2 Å². The van der Waals surface area contributed by atoms with Crippen LogP contribution in [0.25, 0.3) is 0 Å². The highest BCUT2D eigenvalue weighted by atomic mass is 16.6. The number of cyclic esters (lactones) is 1. The zero-order valence-corrected chi connectivity index (χ0v) is 12.7. The van der Waals surface area contributed by atoms with E-state index in [9.17, 15) is 9.59 Å². The van der Waals surface area contributed by atoms with Crippen molar-refractivity contribution in [1.82, 2.24) is 0 Å². The minimum absolute atomic E-state index is 0.00306. The number of rotatable bonds is 3. The third-order valence-electron chi connectivity index (χ3n) is 4.52. The van der Waals surface area contributed by atoms with E-state index in [0.717, 1.165) is 12.0 Å². The molecule has 23 heavy (non-hydrogen) atoms. The predicted molar refractivity (Wildman–Crippen MR) is 80.1 cm³/mol. The van der Waals surface area contributed by atoms with Crippen molar-refractivity contribution in [3.8, 4) is 0 Å². The van der Waals surface area contributed by atoms with Crippen molar-refractivity contribution >= 4 is 11.9 Å². The van der Waals surface area contributed by atoms with Crippen molar-refractivity contribution in [1.29, 1.82) is 0 Å². The molecule has 0 radical (unpaired) electrons. The van der Waals surface area contributed by atoms with Gasteiger partial charge in [-0.25, -0.2) is 9.59 Å². The maximum absolute atomic E-state index is 12.1. The number of benzene rings is 1. The summed E-state index contributed by atoms with van der Waals surface area (Å²) in [6.45, 7) is 1.90. The quantitative estimate of drug-likeness (QED) is 0.486. The molecule has 0 spiro atoms. The van der Waals surface area contributed by atoms with Gasteiger partial charge in [0, 0.05) is 11.5 Å². The van der Waals surface area contributed by atoms with Crippen LogP contribution in [0.15, 0.2) is 47.7 Å². The fourth-order valence-corrected chi connectivity index (χ4v) is 3.37. The first kappa shape index (κ1) is 14.1. The summed E-state index contributed by atoms with van der Waals surface area (Å²) in [7, 11) is 0. The zero-order chi connectivity index (χ0) is 16.0. The molecule has 2 heterocycles. The Morgan fingerprint density at radius 1 is 1.22 bits per heavy atom. The van der Waals surface area contributed by atoms with Crippen LogP contribution in [0.5, 0.6) is 0 Å². The van der Waals surface area contributed by atoms with E-state index in [0.29, 0.717) is 11.1 Å². The van der Waals surface area contributed by atoms with Gasteiger partial charge in [0.2, 0.25) is 0 Å². The van der Waals surface area contributed by atoms with Crippen LogP contribution in [0.1, 0.15) is 24.2 Å². The molecule has 1 aliphatic carbocycles. The van der Waals surface area contributed by atoms with Gasteiger partial charge in [0.25, 0.3) is 0 Å². The third kappa shape index (κ3) is 2.32. The van der Waals surface area contributed by atoms with Crippen molar-refractivity contribution in [3.63, 3.8) is 0 Å². The van der Waals surface area contributed by atoms with Crippen molar-refractivity contribution in [2.75, 3.05) is 6.61 Å². The molecule has 1 saturated heterocycles. The summed E-state index contributed by atoms with van der Waals surface area (Å²) in [5.41, 5.74) is 3.43. The second kappa shape index (κ2) is 5.26. The molecular weight excluding hydrogens is 296 g/mol. The van der Waals surface area contributed by atoms with Gasteiger partial charge in [0.15, 0.2) is 6.10 Å². The Balaban J connectivity index is 1.46. The molecule has 3 atom stereocenters. The lowest BCUT2D eigenvalue weighted by Gasteiger charge is -2.09. The molecule has 0 N–H and O–H groups in total. The van der Waals surface area contributed by atoms with Crippen LogP contribution in [0.4, 0.5) is 0 Å². The molecule has 1 aromatic carbocycles. The summed E-state index contributed by atoms with van der Waals surface area (Å²) >= 11 is 0. The van der Waals surface area contributed by atoms with Crippen LogP contribution >= 0.6 is 0 Å².